The Morgan fingerprint density at radius 3 is 2.86 bits per heavy atom. The van der Waals surface area contributed by atoms with Crippen molar-refractivity contribution in [1.82, 2.24) is 25.1 Å². The molecule has 3 rings (SSSR count). The number of hydrogen-bond acceptors (Lipinski definition) is 5. The molecule has 0 saturated carbocycles. The molecule has 2 aromatic heterocycles. The van der Waals surface area contributed by atoms with E-state index in [1.54, 1.807) is 17.2 Å². The predicted octanol–water partition coefficient (Wildman–Crippen LogP) is 0.716. The summed E-state index contributed by atoms with van der Waals surface area (Å²) in [6.07, 6.45) is 5.10. The molecule has 0 aliphatic carbocycles. The van der Waals surface area contributed by atoms with E-state index in [1.165, 1.54) is 0 Å². The van der Waals surface area contributed by atoms with Gasteiger partial charge in [-0.3, -0.25) is 9.48 Å². The summed E-state index contributed by atoms with van der Waals surface area (Å²) in [5, 5.41) is 8.12. The summed E-state index contributed by atoms with van der Waals surface area (Å²) in [5.41, 5.74) is 0.839. The van der Waals surface area contributed by atoms with Crippen molar-refractivity contribution in [2.24, 2.45) is 13.0 Å². The van der Waals surface area contributed by atoms with Gasteiger partial charge in [-0.2, -0.15) is 5.10 Å². The quantitative estimate of drug-likeness (QED) is 0.900. The average molecular weight is 288 g/mol. The van der Waals surface area contributed by atoms with E-state index in [1.807, 2.05) is 14.0 Å². The number of aryl methyl sites for hydroxylation is 1. The number of hydrogen-bond donors (Lipinski definition) is 1. The van der Waals surface area contributed by atoms with Crippen molar-refractivity contribution < 1.29 is 4.79 Å². The Hall–Kier alpha value is -2.18. The van der Waals surface area contributed by atoms with Crippen molar-refractivity contribution in [3.63, 3.8) is 0 Å². The van der Waals surface area contributed by atoms with Crippen molar-refractivity contribution in [1.29, 1.82) is 0 Å². The van der Waals surface area contributed by atoms with Crippen LogP contribution in [0.3, 0.4) is 0 Å². The van der Waals surface area contributed by atoms with Gasteiger partial charge in [-0.1, -0.05) is 0 Å². The van der Waals surface area contributed by atoms with Gasteiger partial charge in [-0.15, -0.1) is 0 Å². The smallest absolute Gasteiger partial charge is 0.223 e. The van der Waals surface area contributed by atoms with E-state index in [0.717, 1.165) is 42.8 Å². The van der Waals surface area contributed by atoms with Gasteiger partial charge in [0.2, 0.25) is 5.91 Å². The molecule has 1 aliphatic heterocycles. The molecule has 1 N–H and O–H groups in total. The van der Waals surface area contributed by atoms with Crippen LogP contribution in [-0.4, -0.2) is 45.3 Å². The van der Waals surface area contributed by atoms with Crippen LogP contribution in [0.4, 0.5) is 5.82 Å². The second-order valence-electron chi connectivity index (χ2n) is 5.36. The summed E-state index contributed by atoms with van der Waals surface area (Å²) < 4.78 is 1.75. The molecule has 3 heterocycles. The van der Waals surface area contributed by atoms with Gasteiger partial charge in [-0.25, -0.2) is 9.97 Å². The molecule has 1 saturated heterocycles. The number of anilines is 1. The first-order chi connectivity index (χ1) is 10.2. The lowest BCUT2D eigenvalue weighted by atomic mass is 9.96. The minimum Gasteiger partial charge on any atom is -0.356 e. The first kappa shape index (κ1) is 13.8. The van der Waals surface area contributed by atoms with Crippen LogP contribution in [0.1, 0.15) is 19.8 Å². The van der Waals surface area contributed by atoms with E-state index in [4.69, 9.17) is 0 Å². The first-order valence-electron chi connectivity index (χ1n) is 7.36. The molecule has 2 aromatic rings. The topological polar surface area (TPSA) is 75.9 Å². The standard InChI is InChI=1S/C14H20N6O/c1-3-15-14(21)10-4-6-20(7-5-10)13-11-8-18-19(2)12(11)16-9-17-13/h8-10H,3-7H2,1-2H3,(H,15,21). The number of amides is 1. The maximum absolute atomic E-state index is 11.9. The molecular weight excluding hydrogens is 268 g/mol. The number of nitrogens with zero attached hydrogens (tertiary/aromatic N) is 5. The monoisotopic (exact) mass is 288 g/mol. The summed E-state index contributed by atoms with van der Waals surface area (Å²) in [7, 11) is 1.88. The molecule has 1 amide bonds. The molecule has 1 fully saturated rings. The number of carbonyl (C=O) groups excluding carboxylic acids is 1. The van der Waals surface area contributed by atoms with E-state index < -0.39 is 0 Å². The van der Waals surface area contributed by atoms with E-state index in [9.17, 15) is 4.79 Å². The average Bonchev–Trinajstić information content (AvgIpc) is 2.89. The number of carbonyl (C=O) groups is 1. The van der Waals surface area contributed by atoms with E-state index in [2.05, 4.69) is 25.3 Å². The van der Waals surface area contributed by atoms with Crippen LogP contribution in [0.2, 0.25) is 0 Å². The van der Waals surface area contributed by atoms with Gasteiger partial charge < -0.3 is 10.2 Å². The molecule has 0 atom stereocenters. The molecule has 0 radical (unpaired) electrons. The lowest BCUT2D eigenvalue weighted by molar-refractivity contribution is -0.125. The van der Waals surface area contributed by atoms with Crippen molar-refractivity contribution >= 4 is 22.8 Å². The van der Waals surface area contributed by atoms with Crippen LogP contribution in [0.15, 0.2) is 12.5 Å². The lowest BCUT2D eigenvalue weighted by Crippen LogP contribution is -2.40. The predicted molar refractivity (Wildman–Crippen MR) is 79.9 cm³/mol. The highest BCUT2D eigenvalue weighted by Crippen LogP contribution is 2.27. The molecule has 7 heteroatoms. The zero-order chi connectivity index (χ0) is 14.8. The fraction of sp³-hybridized carbons (Fsp3) is 0.571. The molecule has 21 heavy (non-hydrogen) atoms. The zero-order valence-corrected chi connectivity index (χ0v) is 12.4. The molecule has 1 aliphatic rings. The Kier molecular flexibility index (Phi) is 3.72. The number of nitrogens with one attached hydrogen (secondary N) is 1. The second kappa shape index (κ2) is 5.67. The number of piperidine rings is 1. The summed E-state index contributed by atoms with van der Waals surface area (Å²) >= 11 is 0. The van der Waals surface area contributed by atoms with E-state index >= 15 is 0 Å². The highest BCUT2D eigenvalue weighted by molar-refractivity contribution is 5.87. The van der Waals surface area contributed by atoms with Crippen molar-refractivity contribution in [3.8, 4) is 0 Å². The van der Waals surface area contributed by atoms with Gasteiger partial charge in [0.1, 0.15) is 12.1 Å². The van der Waals surface area contributed by atoms with Crippen LogP contribution in [-0.2, 0) is 11.8 Å². The van der Waals surface area contributed by atoms with Crippen LogP contribution >= 0.6 is 0 Å². The molecular formula is C14H20N6O. The summed E-state index contributed by atoms with van der Waals surface area (Å²) in [4.78, 5) is 22.8. The fourth-order valence-corrected chi connectivity index (χ4v) is 2.87. The van der Waals surface area contributed by atoms with Crippen LogP contribution in [0, 0.1) is 5.92 Å². The van der Waals surface area contributed by atoms with Crippen LogP contribution in [0.5, 0.6) is 0 Å². The molecule has 0 aromatic carbocycles. The number of fused-ring (bicyclic) bond motifs is 1. The lowest BCUT2D eigenvalue weighted by Gasteiger charge is -2.32. The van der Waals surface area contributed by atoms with Crippen LogP contribution < -0.4 is 10.2 Å². The Bertz CT molecular complexity index is 644. The maximum atomic E-state index is 11.9. The van der Waals surface area contributed by atoms with Gasteiger partial charge in [0, 0.05) is 32.6 Å². The van der Waals surface area contributed by atoms with Gasteiger partial charge in [-0.05, 0) is 19.8 Å². The minimum absolute atomic E-state index is 0.118. The zero-order valence-electron chi connectivity index (χ0n) is 12.4. The third-order valence-electron chi connectivity index (χ3n) is 4.02. The summed E-state index contributed by atoms with van der Waals surface area (Å²) in [6, 6.07) is 0. The first-order valence-corrected chi connectivity index (χ1v) is 7.36. The maximum Gasteiger partial charge on any atom is 0.223 e. The SMILES string of the molecule is CCNC(=O)C1CCN(c2ncnc3c2cnn3C)CC1. The Balaban J connectivity index is 1.75. The van der Waals surface area contributed by atoms with E-state index in [-0.39, 0.29) is 11.8 Å². The normalized spacial score (nSPS) is 16.4. The molecule has 0 bridgehead atoms. The highest BCUT2D eigenvalue weighted by Gasteiger charge is 2.26. The highest BCUT2D eigenvalue weighted by atomic mass is 16.1. The molecule has 7 nitrogen and oxygen atoms in total. The third-order valence-corrected chi connectivity index (χ3v) is 4.02. The van der Waals surface area contributed by atoms with Gasteiger partial charge in [0.25, 0.3) is 0 Å². The summed E-state index contributed by atoms with van der Waals surface area (Å²) in [6.45, 7) is 4.32. The largest absolute Gasteiger partial charge is 0.356 e. The van der Waals surface area contributed by atoms with Gasteiger partial charge in [0.15, 0.2) is 5.65 Å². The Morgan fingerprint density at radius 2 is 2.14 bits per heavy atom. The van der Waals surface area contributed by atoms with Gasteiger partial charge in [0.05, 0.1) is 11.6 Å². The number of rotatable bonds is 3. The second-order valence-corrected chi connectivity index (χ2v) is 5.36. The van der Waals surface area contributed by atoms with Gasteiger partial charge >= 0.3 is 0 Å². The third kappa shape index (κ3) is 2.55. The Labute approximate surface area is 123 Å². The fourth-order valence-electron chi connectivity index (χ4n) is 2.87. The van der Waals surface area contributed by atoms with Crippen molar-refractivity contribution in [3.05, 3.63) is 12.5 Å². The van der Waals surface area contributed by atoms with Crippen molar-refractivity contribution in [2.45, 2.75) is 19.8 Å². The molecule has 112 valence electrons. The van der Waals surface area contributed by atoms with Crippen molar-refractivity contribution in [2.75, 3.05) is 24.5 Å². The number of aromatic nitrogens is 4. The van der Waals surface area contributed by atoms with Crippen LogP contribution in [0.25, 0.3) is 11.0 Å². The summed E-state index contributed by atoms with van der Waals surface area (Å²) in [5.74, 6) is 1.21. The van der Waals surface area contributed by atoms with E-state index in [0.29, 0.717) is 6.54 Å². The molecule has 0 spiro atoms. The minimum atomic E-state index is 0.118. The Morgan fingerprint density at radius 1 is 1.38 bits per heavy atom. The molecule has 0 unspecified atom stereocenters.